The molecule has 1 aliphatic rings. The monoisotopic (exact) mass is 777 g/mol. The molecule has 1 heterocycles. The zero-order valence-corrected chi connectivity index (χ0v) is 33.4. The third-order valence-corrected chi connectivity index (χ3v) is 12.0. The van der Waals surface area contributed by atoms with Crippen LogP contribution in [0.3, 0.4) is 0 Å². The summed E-state index contributed by atoms with van der Waals surface area (Å²) in [6.07, 6.45) is 0. The van der Waals surface area contributed by atoms with Crippen molar-refractivity contribution >= 4 is 0 Å². The summed E-state index contributed by atoms with van der Waals surface area (Å²) in [5.74, 6) is 1.93. The predicted molar refractivity (Wildman–Crippen MR) is 250 cm³/mol. The molecule has 9 aromatic carbocycles. The van der Waals surface area contributed by atoms with Gasteiger partial charge in [0.15, 0.2) is 17.5 Å². The van der Waals surface area contributed by atoms with Gasteiger partial charge < -0.3 is 0 Å². The number of aromatic nitrogens is 3. The number of nitrogens with zero attached hydrogens (tertiary/aromatic N) is 3. The van der Waals surface area contributed by atoms with Crippen molar-refractivity contribution in [1.82, 2.24) is 15.0 Å². The van der Waals surface area contributed by atoms with Crippen molar-refractivity contribution < 1.29 is 0 Å². The Bertz CT molecular complexity index is 3050. The first-order valence-electron chi connectivity index (χ1n) is 20.8. The molecule has 11 rings (SSSR count). The van der Waals surface area contributed by atoms with Crippen molar-refractivity contribution in [2.24, 2.45) is 0 Å². The lowest BCUT2D eigenvalue weighted by Crippen LogP contribution is -2.28. The molecule has 0 N–H and O–H groups in total. The summed E-state index contributed by atoms with van der Waals surface area (Å²) in [6, 6.07) is 84.5. The van der Waals surface area contributed by atoms with E-state index in [1.54, 1.807) is 0 Å². The summed E-state index contributed by atoms with van der Waals surface area (Å²) in [6.45, 7) is 0. The van der Waals surface area contributed by atoms with Gasteiger partial charge in [0.25, 0.3) is 0 Å². The number of hydrogen-bond donors (Lipinski definition) is 0. The third kappa shape index (κ3) is 6.35. The first kappa shape index (κ1) is 36.1. The zero-order chi connectivity index (χ0) is 40.6. The summed E-state index contributed by atoms with van der Waals surface area (Å²) < 4.78 is 0. The minimum atomic E-state index is -0.491. The van der Waals surface area contributed by atoms with Gasteiger partial charge in [-0.1, -0.05) is 218 Å². The van der Waals surface area contributed by atoms with Gasteiger partial charge in [0, 0.05) is 16.7 Å². The molecule has 0 fully saturated rings. The van der Waals surface area contributed by atoms with E-state index in [0.717, 1.165) is 33.4 Å². The first-order chi connectivity index (χ1) is 30.2. The van der Waals surface area contributed by atoms with E-state index in [4.69, 9.17) is 15.0 Å². The van der Waals surface area contributed by atoms with Crippen LogP contribution in [0, 0.1) is 0 Å². The second-order valence-corrected chi connectivity index (χ2v) is 15.5. The second-order valence-electron chi connectivity index (χ2n) is 15.5. The van der Waals surface area contributed by atoms with Crippen molar-refractivity contribution in [2.75, 3.05) is 0 Å². The molecule has 0 atom stereocenters. The van der Waals surface area contributed by atoms with Crippen molar-refractivity contribution in [1.29, 1.82) is 0 Å². The van der Waals surface area contributed by atoms with Crippen LogP contribution in [-0.4, -0.2) is 15.0 Å². The normalized spacial score (nSPS) is 12.4. The van der Waals surface area contributed by atoms with E-state index in [1.807, 2.05) is 60.7 Å². The highest BCUT2D eigenvalue weighted by Crippen LogP contribution is 2.58. The molecule has 1 aliphatic carbocycles. The smallest absolute Gasteiger partial charge is 0.164 e. The maximum atomic E-state index is 5.00. The molecule has 0 amide bonds. The second kappa shape index (κ2) is 15.3. The molecule has 0 spiro atoms. The molecule has 0 aliphatic heterocycles. The van der Waals surface area contributed by atoms with Crippen LogP contribution in [0.4, 0.5) is 0 Å². The molecule has 0 saturated heterocycles. The number of hydrogen-bond acceptors (Lipinski definition) is 3. The van der Waals surface area contributed by atoms with E-state index in [-0.39, 0.29) is 0 Å². The molecular weight excluding hydrogens is 739 g/mol. The lowest BCUT2D eigenvalue weighted by atomic mass is 9.67. The molecule has 286 valence electrons. The molecule has 3 heteroatoms. The highest BCUT2D eigenvalue weighted by atomic mass is 15.0. The Morgan fingerprint density at radius 1 is 0.230 bits per heavy atom. The fourth-order valence-corrected chi connectivity index (χ4v) is 9.20. The summed E-state index contributed by atoms with van der Waals surface area (Å²) >= 11 is 0. The molecule has 0 unspecified atom stereocenters. The first-order valence-corrected chi connectivity index (χ1v) is 20.8. The summed E-state index contributed by atoms with van der Waals surface area (Å²) in [4.78, 5) is 14.9. The van der Waals surface area contributed by atoms with E-state index in [9.17, 15) is 0 Å². The highest BCUT2D eigenvalue weighted by molar-refractivity contribution is 5.95. The number of rotatable bonds is 8. The minimum Gasteiger partial charge on any atom is -0.208 e. The molecule has 0 radical (unpaired) electrons. The summed E-state index contributed by atoms with van der Waals surface area (Å²) in [5.41, 5.74) is 16.9. The Kier molecular flexibility index (Phi) is 9.05. The fourth-order valence-electron chi connectivity index (χ4n) is 9.20. The van der Waals surface area contributed by atoms with Crippen LogP contribution in [-0.2, 0) is 5.41 Å². The van der Waals surface area contributed by atoms with Gasteiger partial charge in [0.2, 0.25) is 0 Å². The van der Waals surface area contributed by atoms with Crippen molar-refractivity contribution in [2.45, 2.75) is 5.41 Å². The summed E-state index contributed by atoms with van der Waals surface area (Å²) in [5, 5.41) is 0. The zero-order valence-electron chi connectivity index (χ0n) is 33.4. The SMILES string of the molecule is c1ccc(-c2nc(-c3ccccc3)nc(-c3cccc(-c4ccc(-c5cc6c(cc5-c5ccccc5)-c5ccccc5C6(c5ccccc5)c5ccccc5)cc4)c3)n2)cc1. The number of fused-ring (bicyclic) bond motifs is 3. The van der Waals surface area contributed by atoms with E-state index < -0.39 is 5.41 Å². The fraction of sp³-hybridized carbons (Fsp3) is 0.0172. The molecule has 1 aromatic heterocycles. The Morgan fingerprint density at radius 2 is 0.639 bits per heavy atom. The van der Waals surface area contributed by atoms with Crippen LogP contribution in [0.2, 0.25) is 0 Å². The quantitative estimate of drug-likeness (QED) is 0.154. The van der Waals surface area contributed by atoms with Crippen LogP contribution >= 0.6 is 0 Å². The molecule has 0 bridgehead atoms. The minimum absolute atomic E-state index is 0.491. The number of benzene rings is 9. The van der Waals surface area contributed by atoms with Crippen LogP contribution in [0.5, 0.6) is 0 Å². The predicted octanol–water partition coefficient (Wildman–Crippen LogP) is 14.2. The largest absolute Gasteiger partial charge is 0.208 e. The van der Waals surface area contributed by atoms with Crippen LogP contribution in [0.25, 0.3) is 78.7 Å². The van der Waals surface area contributed by atoms with Gasteiger partial charge in [-0.15, -0.1) is 0 Å². The van der Waals surface area contributed by atoms with Gasteiger partial charge in [-0.2, -0.15) is 0 Å². The van der Waals surface area contributed by atoms with Gasteiger partial charge in [0.1, 0.15) is 0 Å². The standard InChI is InChI=1S/C58H39N3/c1-6-19-41(20-7-1)50-38-52-49-31-16-17-32-53(49)58(47-27-12-4-13-28-47,48-29-14-5-15-30-48)54(52)39-51(50)42-35-33-40(34-36-42)45-25-18-26-46(37-45)57-60-55(43-21-8-2-9-22-43)59-56(61-57)44-23-10-3-11-24-44/h1-39H. The van der Waals surface area contributed by atoms with Crippen LogP contribution in [0.1, 0.15) is 22.3 Å². The maximum Gasteiger partial charge on any atom is 0.164 e. The maximum absolute atomic E-state index is 5.00. The lowest BCUT2D eigenvalue weighted by Gasteiger charge is -2.34. The van der Waals surface area contributed by atoms with E-state index >= 15 is 0 Å². The Hall–Kier alpha value is -8.01. The molecule has 61 heavy (non-hydrogen) atoms. The average molecular weight is 778 g/mol. The van der Waals surface area contributed by atoms with Gasteiger partial charge in [-0.25, -0.2) is 15.0 Å². The topological polar surface area (TPSA) is 38.7 Å². The van der Waals surface area contributed by atoms with Crippen LogP contribution in [0.15, 0.2) is 237 Å². The van der Waals surface area contributed by atoms with E-state index in [2.05, 4.69) is 176 Å². The van der Waals surface area contributed by atoms with Crippen molar-refractivity contribution in [3.63, 3.8) is 0 Å². The van der Waals surface area contributed by atoms with Gasteiger partial charge >= 0.3 is 0 Å². The molecular formula is C58H39N3. The molecule has 10 aromatic rings. The lowest BCUT2D eigenvalue weighted by molar-refractivity contribution is 0.769. The van der Waals surface area contributed by atoms with Gasteiger partial charge in [-0.3, -0.25) is 0 Å². The molecule has 3 nitrogen and oxygen atoms in total. The van der Waals surface area contributed by atoms with E-state index in [1.165, 1.54) is 50.1 Å². The van der Waals surface area contributed by atoms with E-state index in [0.29, 0.717) is 17.5 Å². The van der Waals surface area contributed by atoms with Crippen molar-refractivity contribution in [3.05, 3.63) is 259 Å². The highest BCUT2D eigenvalue weighted by Gasteiger charge is 2.46. The molecule has 0 saturated carbocycles. The Morgan fingerprint density at radius 3 is 1.21 bits per heavy atom. The van der Waals surface area contributed by atoms with Gasteiger partial charge in [0.05, 0.1) is 5.41 Å². The third-order valence-electron chi connectivity index (χ3n) is 12.0. The van der Waals surface area contributed by atoms with Gasteiger partial charge in [-0.05, 0) is 85.0 Å². The Balaban J connectivity index is 1.05. The van der Waals surface area contributed by atoms with Crippen molar-refractivity contribution in [3.8, 4) is 78.7 Å². The van der Waals surface area contributed by atoms with Crippen LogP contribution < -0.4 is 0 Å². The Labute approximate surface area is 356 Å². The average Bonchev–Trinajstić information content (AvgIpc) is 3.65. The summed E-state index contributed by atoms with van der Waals surface area (Å²) in [7, 11) is 0.